The number of nitrogens with one attached hydrogen (secondary N) is 2. The van der Waals surface area contributed by atoms with E-state index in [9.17, 15) is 0 Å². The SMILES string of the molecule is CCNc1cc(NCCOCC2CC2)nc(C(C)(C)C)n1. The molecule has 0 amide bonds. The third-order valence-electron chi connectivity index (χ3n) is 3.36. The third-order valence-corrected chi connectivity index (χ3v) is 3.36. The Kier molecular flexibility index (Phi) is 5.39. The van der Waals surface area contributed by atoms with Crippen LogP contribution in [0.15, 0.2) is 6.07 Å². The Morgan fingerprint density at radius 2 is 1.86 bits per heavy atom. The minimum atomic E-state index is -0.0651. The number of hydrogen-bond acceptors (Lipinski definition) is 5. The van der Waals surface area contributed by atoms with Crippen molar-refractivity contribution in [3.8, 4) is 0 Å². The van der Waals surface area contributed by atoms with Gasteiger partial charge < -0.3 is 15.4 Å². The van der Waals surface area contributed by atoms with Crippen molar-refractivity contribution in [1.29, 1.82) is 0 Å². The van der Waals surface area contributed by atoms with Gasteiger partial charge >= 0.3 is 0 Å². The molecule has 2 rings (SSSR count). The Hall–Kier alpha value is -1.36. The largest absolute Gasteiger partial charge is 0.379 e. The second-order valence-corrected chi connectivity index (χ2v) is 6.69. The van der Waals surface area contributed by atoms with Gasteiger partial charge in [0.2, 0.25) is 0 Å². The lowest BCUT2D eigenvalue weighted by Crippen LogP contribution is -2.19. The summed E-state index contributed by atoms with van der Waals surface area (Å²) < 4.78 is 5.63. The molecule has 0 aromatic carbocycles. The van der Waals surface area contributed by atoms with E-state index in [1.807, 2.05) is 6.07 Å². The molecule has 0 bridgehead atoms. The summed E-state index contributed by atoms with van der Waals surface area (Å²) in [5, 5.41) is 6.60. The lowest BCUT2D eigenvalue weighted by Gasteiger charge is -2.19. The van der Waals surface area contributed by atoms with Crippen LogP contribution in [0.4, 0.5) is 11.6 Å². The van der Waals surface area contributed by atoms with E-state index in [4.69, 9.17) is 4.74 Å². The minimum Gasteiger partial charge on any atom is -0.379 e. The van der Waals surface area contributed by atoms with Crippen molar-refractivity contribution >= 4 is 11.6 Å². The van der Waals surface area contributed by atoms with Crippen molar-refractivity contribution < 1.29 is 4.74 Å². The number of nitrogens with zero attached hydrogens (tertiary/aromatic N) is 2. The van der Waals surface area contributed by atoms with Crippen LogP contribution in [0.3, 0.4) is 0 Å². The van der Waals surface area contributed by atoms with Gasteiger partial charge in [-0.1, -0.05) is 20.8 Å². The standard InChI is InChI=1S/C16H28N4O/c1-5-17-13-10-14(20-15(19-13)16(2,3)4)18-8-9-21-11-12-6-7-12/h10,12H,5-9,11H2,1-4H3,(H2,17,18,19,20). The van der Waals surface area contributed by atoms with Crippen LogP contribution in [0.5, 0.6) is 0 Å². The molecule has 0 atom stereocenters. The topological polar surface area (TPSA) is 59.1 Å². The van der Waals surface area contributed by atoms with E-state index >= 15 is 0 Å². The van der Waals surface area contributed by atoms with Crippen LogP contribution in [-0.4, -0.2) is 36.3 Å². The molecule has 5 nitrogen and oxygen atoms in total. The van der Waals surface area contributed by atoms with E-state index in [1.165, 1.54) is 12.8 Å². The zero-order valence-electron chi connectivity index (χ0n) is 13.7. The normalized spacial score (nSPS) is 15.0. The maximum atomic E-state index is 5.63. The van der Waals surface area contributed by atoms with E-state index in [-0.39, 0.29) is 5.41 Å². The van der Waals surface area contributed by atoms with Gasteiger partial charge in [-0.15, -0.1) is 0 Å². The van der Waals surface area contributed by atoms with E-state index in [1.54, 1.807) is 0 Å². The molecule has 2 N–H and O–H groups in total. The van der Waals surface area contributed by atoms with Gasteiger partial charge in [0.05, 0.1) is 6.61 Å². The lowest BCUT2D eigenvalue weighted by molar-refractivity contribution is 0.134. The Morgan fingerprint density at radius 3 is 2.43 bits per heavy atom. The average Bonchev–Trinajstić information content (AvgIpc) is 3.21. The summed E-state index contributed by atoms with van der Waals surface area (Å²) in [6.07, 6.45) is 2.67. The summed E-state index contributed by atoms with van der Waals surface area (Å²) in [7, 11) is 0. The predicted molar refractivity (Wildman–Crippen MR) is 86.9 cm³/mol. The molecular weight excluding hydrogens is 264 g/mol. The summed E-state index contributed by atoms with van der Waals surface area (Å²) in [5.41, 5.74) is -0.0651. The van der Waals surface area contributed by atoms with Crippen molar-refractivity contribution in [1.82, 2.24) is 9.97 Å². The van der Waals surface area contributed by atoms with E-state index in [0.29, 0.717) is 0 Å². The number of rotatable bonds is 8. The van der Waals surface area contributed by atoms with Gasteiger partial charge in [0.25, 0.3) is 0 Å². The van der Waals surface area contributed by atoms with Crippen molar-refractivity contribution in [3.63, 3.8) is 0 Å². The molecule has 0 saturated heterocycles. The molecule has 1 heterocycles. The molecule has 1 saturated carbocycles. The van der Waals surface area contributed by atoms with E-state index in [2.05, 4.69) is 48.3 Å². The monoisotopic (exact) mass is 292 g/mol. The molecule has 1 aliphatic carbocycles. The van der Waals surface area contributed by atoms with Crippen molar-refractivity contribution in [2.45, 2.75) is 46.0 Å². The van der Waals surface area contributed by atoms with E-state index in [0.717, 1.165) is 49.7 Å². The molecule has 0 aliphatic heterocycles. The first kappa shape index (κ1) is 16.0. The molecule has 1 aliphatic rings. The van der Waals surface area contributed by atoms with Gasteiger partial charge in [0, 0.05) is 31.2 Å². The van der Waals surface area contributed by atoms with Crippen LogP contribution in [0, 0.1) is 5.92 Å². The molecular formula is C16H28N4O. The second kappa shape index (κ2) is 7.07. The number of ether oxygens (including phenoxy) is 1. The van der Waals surface area contributed by atoms with E-state index < -0.39 is 0 Å². The highest BCUT2D eigenvalue weighted by Crippen LogP contribution is 2.28. The molecule has 1 fully saturated rings. The van der Waals surface area contributed by atoms with Crippen LogP contribution < -0.4 is 10.6 Å². The first-order chi connectivity index (χ1) is 9.99. The summed E-state index contributed by atoms with van der Waals surface area (Å²) >= 11 is 0. The summed E-state index contributed by atoms with van der Waals surface area (Å²) in [5.74, 6) is 3.40. The highest BCUT2D eigenvalue weighted by atomic mass is 16.5. The van der Waals surface area contributed by atoms with Crippen molar-refractivity contribution in [2.24, 2.45) is 5.92 Å². The number of anilines is 2. The van der Waals surface area contributed by atoms with Crippen LogP contribution in [-0.2, 0) is 10.2 Å². The molecule has 0 unspecified atom stereocenters. The van der Waals surface area contributed by atoms with Crippen LogP contribution in [0.25, 0.3) is 0 Å². The van der Waals surface area contributed by atoms with Crippen LogP contribution in [0.1, 0.15) is 46.4 Å². The quantitative estimate of drug-likeness (QED) is 0.721. The van der Waals surface area contributed by atoms with Gasteiger partial charge in [-0.2, -0.15) is 0 Å². The van der Waals surface area contributed by atoms with Gasteiger partial charge in [0.1, 0.15) is 17.5 Å². The smallest absolute Gasteiger partial charge is 0.138 e. The zero-order valence-corrected chi connectivity index (χ0v) is 13.7. The van der Waals surface area contributed by atoms with Gasteiger partial charge in [0.15, 0.2) is 0 Å². The summed E-state index contributed by atoms with van der Waals surface area (Å²) in [6, 6.07) is 1.96. The van der Waals surface area contributed by atoms with Gasteiger partial charge in [-0.05, 0) is 25.7 Å². The van der Waals surface area contributed by atoms with Crippen molar-refractivity contribution in [3.05, 3.63) is 11.9 Å². The Balaban J connectivity index is 1.91. The molecule has 0 radical (unpaired) electrons. The maximum Gasteiger partial charge on any atom is 0.138 e. The third kappa shape index (κ3) is 5.50. The fourth-order valence-electron chi connectivity index (χ4n) is 1.93. The highest BCUT2D eigenvalue weighted by Gasteiger charge is 2.21. The highest BCUT2D eigenvalue weighted by molar-refractivity contribution is 5.48. The Labute approximate surface area is 127 Å². The van der Waals surface area contributed by atoms with Gasteiger partial charge in [-0.3, -0.25) is 0 Å². The number of hydrogen-bond donors (Lipinski definition) is 2. The molecule has 1 aromatic heterocycles. The molecule has 5 heteroatoms. The maximum absolute atomic E-state index is 5.63. The zero-order chi connectivity index (χ0) is 15.3. The molecule has 118 valence electrons. The second-order valence-electron chi connectivity index (χ2n) is 6.69. The van der Waals surface area contributed by atoms with Gasteiger partial charge in [-0.25, -0.2) is 9.97 Å². The lowest BCUT2D eigenvalue weighted by atomic mass is 9.96. The fourth-order valence-corrected chi connectivity index (χ4v) is 1.93. The minimum absolute atomic E-state index is 0.0651. The van der Waals surface area contributed by atoms with Crippen LogP contribution >= 0.6 is 0 Å². The molecule has 0 spiro atoms. The predicted octanol–water partition coefficient (Wildman–Crippen LogP) is 3.04. The van der Waals surface area contributed by atoms with Crippen LogP contribution in [0.2, 0.25) is 0 Å². The summed E-state index contributed by atoms with van der Waals surface area (Å²) in [6.45, 7) is 11.7. The first-order valence-corrected chi connectivity index (χ1v) is 7.94. The average molecular weight is 292 g/mol. The first-order valence-electron chi connectivity index (χ1n) is 7.94. The molecule has 21 heavy (non-hydrogen) atoms. The summed E-state index contributed by atoms with van der Waals surface area (Å²) in [4.78, 5) is 9.19. The van der Waals surface area contributed by atoms with Crippen molar-refractivity contribution in [2.75, 3.05) is 36.9 Å². The Bertz CT molecular complexity index is 452. The Morgan fingerprint density at radius 1 is 1.19 bits per heavy atom. The molecule has 1 aromatic rings. The fraction of sp³-hybridized carbons (Fsp3) is 0.750. The number of aromatic nitrogens is 2.